The van der Waals surface area contributed by atoms with E-state index in [0.29, 0.717) is 66.8 Å². The number of benzene rings is 4. The van der Waals surface area contributed by atoms with E-state index in [1.54, 1.807) is 75.1 Å². The Bertz CT molecular complexity index is 2260. The van der Waals surface area contributed by atoms with Gasteiger partial charge >= 0.3 is 5.97 Å². The zero-order valence-corrected chi connectivity index (χ0v) is 28.8. The van der Waals surface area contributed by atoms with Gasteiger partial charge in [0, 0.05) is 5.69 Å². The number of methoxy groups -OCH3 is 2. The molecular weight excluding hydrogens is 655 g/mol. The fourth-order valence-corrected chi connectivity index (χ4v) is 6.66. The zero-order valence-electron chi connectivity index (χ0n) is 28.0. The highest BCUT2D eigenvalue weighted by atomic mass is 32.1. The molecule has 1 aliphatic heterocycles. The van der Waals surface area contributed by atoms with E-state index in [9.17, 15) is 14.4 Å². The number of allylic oxidation sites excluding steroid dienone is 1. The number of carbonyl (C=O) groups is 2. The van der Waals surface area contributed by atoms with Crippen LogP contribution in [0.15, 0.2) is 118 Å². The van der Waals surface area contributed by atoms with Crippen LogP contribution in [0.4, 0.5) is 5.69 Å². The standard InChI is InChI=1S/C39H35N3O7S/c1-5-48-38(45)27-17-14-25(15-18-27)23-49-31-19-16-26(20-32(31)47-4)21-33-37(44)42-35(28-10-9-13-30(22-28)46-3)34(24(2)40-39(42)50-33)36(43)41-29-11-7-6-8-12-29/h6-22,35H,5,23H2,1-4H3,(H,41,43)/b33-21-/t35-/m0/s1. The van der Waals surface area contributed by atoms with Gasteiger partial charge in [0.25, 0.3) is 11.5 Å². The molecule has 1 N–H and O–H groups in total. The summed E-state index contributed by atoms with van der Waals surface area (Å²) < 4.78 is 24.2. The van der Waals surface area contributed by atoms with Crippen molar-refractivity contribution in [1.82, 2.24) is 4.57 Å². The van der Waals surface area contributed by atoms with Crippen LogP contribution in [0, 0.1) is 0 Å². The number of hydrogen-bond acceptors (Lipinski definition) is 9. The minimum Gasteiger partial charge on any atom is -0.497 e. The highest BCUT2D eigenvalue weighted by Gasteiger charge is 2.32. The van der Waals surface area contributed by atoms with E-state index < -0.39 is 6.04 Å². The Balaban J connectivity index is 1.32. The van der Waals surface area contributed by atoms with E-state index in [2.05, 4.69) is 5.32 Å². The molecule has 1 aromatic heterocycles. The summed E-state index contributed by atoms with van der Waals surface area (Å²) in [7, 11) is 3.12. The van der Waals surface area contributed by atoms with E-state index in [0.717, 1.165) is 5.56 Å². The number of para-hydroxylation sites is 1. The van der Waals surface area contributed by atoms with Crippen molar-refractivity contribution in [2.24, 2.45) is 4.99 Å². The number of esters is 1. The minimum atomic E-state index is -0.746. The number of nitrogens with one attached hydrogen (secondary N) is 1. The van der Waals surface area contributed by atoms with Crippen molar-refractivity contribution in [1.29, 1.82) is 0 Å². The third-order valence-electron chi connectivity index (χ3n) is 8.05. The Kier molecular flexibility index (Phi) is 10.2. The first kappa shape index (κ1) is 33.9. The number of carbonyl (C=O) groups excluding carboxylic acids is 2. The quantitative estimate of drug-likeness (QED) is 0.178. The zero-order chi connectivity index (χ0) is 35.2. The lowest BCUT2D eigenvalue weighted by molar-refractivity contribution is -0.113. The van der Waals surface area contributed by atoms with Gasteiger partial charge in [-0.15, -0.1) is 0 Å². The molecule has 0 bridgehead atoms. The first-order valence-corrected chi connectivity index (χ1v) is 16.7. The molecule has 50 heavy (non-hydrogen) atoms. The molecule has 254 valence electrons. The van der Waals surface area contributed by atoms with Gasteiger partial charge < -0.3 is 24.3 Å². The van der Waals surface area contributed by atoms with Gasteiger partial charge in [-0.25, -0.2) is 9.79 Å². The fraction of sp³-hybridized carbons (Fsp3) is 0.179. The van der Waals surface area contributed by atoms with Crippen molar-refractivity contribution in [3.8, 4) is 17.2 Å². The van der Waals surface area contributed by atoms with Crippen molar-refractivity contribution >= 4 is 35.0 Å². The predicted molar refractivity (Wildman–Crippen MR) is 192 cm³/mol. The molecule has 0 radical (unpaired) electrons. The monoisotopic (exact) mass is 689 g/mol. The molecule has 6 rings (SSSR count). The average Bonchev–Trinajstić information content (AvgIpc) is 3.44. The summed E-state index contributed by atoms with van der Waals surface area (Å²) in [6, 6.07) is 28.2. The molecule has 0 saturated carbocycles. The van der Waals surface area contributed by atoms with Gasteiger partial charge in [0.05, 0.1) is 48.2 Å². The molecule has 2 heterocycles. The molecule has 4 aromatic carbocycles. The second kappa shape index (κ2) is 15.1. The van der Waals surface area contributed by atoms with Crippen LogP contribution in [-0.2, 0) is 16.1 Å². The molecule has 0 unspecified atom stereocenters. The van der Waals surface area contributed by atoms with Crippen LogP contribution >= 0.6 is 11.3 Å². The van der Waals surface area contributed by atoms with E-state index in [-0.39, 0.29) is 24.0 Å². The van der Waals surface area contributed by atoms with Crippen LogP contribution in [0.2, 0.25) is 0 Å². The number of rotatable bonds is 11. The van der Waals surface area contributed by atoms with Gasteiger partial charge in [-0.2, -0.15) is 0 Å². The molecular formula is C39H35N3O7S. The largest absolute Gasteiger partial charge is 0.497 e. The SMILES string of the molecule is CCOC(=O)c1ccc(COc2ccc(/C=c3\sc4n(c3=O)[C@@H](c3cccc(OC)c3)C(C(=O)Nc3ccccc3)=C(C)N=4)cc2OC)cc1. The highest BCUT2D eigenvalue weighted by molar-refractivity contribution is 7.07. The van der Waals surface area contributed by atoms with Crippen LogP contribution in [0.25, 0.3) is 6.08 Å². The third kappa shape index (κ3) is 7.23. The Morgan fingerprint density at radius 1 is 0.920 bits per heavy atom. The van der Waals surface area contributed by atoms with Gasteiger partial charge in [0.1, 0.15) is 12.4 Å². The van der Waals surface area contributed by atoms with Crippen LogP contribution in [0.5, 0.6) is 17.2 Å². The lowest BCUT2D eigenvalue weighted by atomic mass is 9.95. The van der Waals surface area contributed by atoms with Gasteiger partial charge in [-0.1, -0.05) is 59.9 Å². The number of nitrogens with zero attached hydrogens (tertiary/aromatic N) is 2. The third-order valence-corrected chi connectivity index (χ3v) is 9.04. The van der Waals surface area contributed by atoms with Crippen LogP contribution in [0.3, 0.4) is 0 Å². The second-order valence-corrected chi connectivity index (χ2v) is 12.3. The second-order valence-electron chi connectivity index (χ2n) is 11.3. The van der Waals surface area contributed by atoms with Crippen molar-refractivity contribution in [3.63, 3.8) is 0 Å². The van der Waals surface area contributed by atoms with E-state index in [1.807, 2.05) is 60.7 Å². The molecule has 0 fully saturated rings. The lowest BCUT2D eigenvalue weighted by Crippen LogP contribution is -2.40. The van der Waals surface area contributed by atoms with Crippen LogP contribution in [-0.4, -0.2) is 37.3 Å². The summed E-state index contributed by atoms with van der Waals surface area (Å²) in [6.07, 6.45) is 1.77. The van der Waals surface area contributed by atoms with Crippen molar-refractivity contribution in [2.75, 3.05) is 26.1 Å². The summed E-state index contributed by atoms with van der Waals surface area (Å²) in [4.78, 5) is 45.2. The van der Waals surface area contributed by atoms with Crippen molar-refractivity contribution in [2.45, 2.75) is 26.5 Å². The minimum absolute atomic E-state index is 0.251. The topological polar surface area (TPSA) is 117 Å². The smallest absolute Gasteiger partial charge is 0.338 e. The maximum Gasteiger partial charge on any atom is 0.338 e. The maximum atomic E-state index is 14.2. The highest BCUT2D eigenvalue weighted by Crippen LogP contribution is 2.33. The number of ether oxygens (including phenoxy) is 4. The van der Waals surface area contributed by atoms with E-state index in [1.165, 1.54) is 11.3 Å². The molecule has 0 saturated heterocycles. The number of aromatic nitrogens is 1. The van der Waals surface area contributed by atoms with Crippen LogP contribution in [0.1, 0.15) is 46.9 Å². The number of anilines is 1. The van der Waals surface area contributed by atoms with Crippen molar-refractivity contribution in [3.05, 3.63) is 150 Å². The Labute approximate surface area is 292 Å². The first-order chi connectivity index (χ1) is 24.3. The maximum absolute atomic E-state index is 14.2. The van der Waals surface area contributed by atoms with E-state index in [4.69, 9.17) is 23.9 Å². The molecule has 1 amide bonds. The number of hydrogen-bond donors (Lipinski definition) is 1. The normalized spacial score (nSPS) is 14.0. The Morgan fingerprint density at radius 3 is 2.42 bits per heavy atom. The summed E-state index contributed by atoms with van der Waals surface area (Å²) in [6.45, 7) is 4.11. The molecule has 5 aromatic rings. The number of thiazole rings is 1. The molecule has 1 atom stereocenters. The molecule has 1 aliphatic rings. The summed E-state index contributed by atoms with van der Waals surface area (Å²) in [5.41, 5.74) is 3.98. The van der Waals surface area contributed by atoms with E-state index >= 15 is 0 Å². The van der Waals surface area contributed by atoms with Gasteiger partial charge in [-0.05, 0) is 85.1 Å². The predicted octanol–water partition coefficient (Wildman–Crippen LogP) is 5.65. The van der Waals surface area contributed by atoms with Gasteiger partial charge in [-0.3, -0.25) is 14.2 Å². The van der Waals surface area contributed by atoms with Crippen molar-refractivity contribution < 1.29 is 28.5 Å². The molecule has 11 heteroatoms. The summed E-state index contributed by atoms with van der Waals surface area (Å²) in [5, 5.41) is 2.97. The molecule has 0 aliphatic carbocycles. The first-order valence-electron chi connectivity index (χ1n) is 15.9. The molecule has 10 nitrogen and oxygen atoms in total. The fourth-order valence-electron chi connectivity index (χ4n) is 5.62. The Morgan fingerprint density at radius 2 is 1.70 bits per heavy atom. The summed E-state index contributed by atoms with van der Waals surface area (Å²) in [5.74, 6) is 0.882. The summed E-state index contributed by atoms with van der Waals surface area (Å²) >= 11 is 1.24. The van der Waals surface area contributed by atoms with Gasteiger partial charge in [0.2, 0.25) is 0 Å². The average molecular weight is 690 g/mol. The number of amides is 1. The number of fused-ring (bicyclic) bond motifs is 1. The van der Waals surface area contributed by atoms with Crippen LogP contribution < -0.4 is 34.4 Å². The molecule has 0 spiro atoms. The lowest BCUT2D eigenvalue weighted by Gasteiger charge is -2.25. The van der Waals surface area contributed by atoms with Gasteiger partial charge in [0.15, 0.2) is 16.3 Å². The Hall–Kier alpha value is -5.94.